The molecule has 1 aromatic heterocycles. The quantitative estimate of drug-likeness (QED) is 0.596. The number of benzene rings is 1. The van der Waals surface area contributed by atoms with Gasteiger partial charge in [0.05, 0.1) is 10.9 Å². The third-order valence-electron chi connectivity index (χ3n) is 2.14. The Morgan fingerprint density at radius 3 is 2.67 bits per heavy atom. The van der Waals surface area contributed by atoms with Crippen molar-refractivity contribution in [2.24, 2.45) is 0 Å². The fourth-order valence-electron chi connectivity index (χ4n) is 1.32. The van der Waals surface area contributed by atoms with E-state index < -0.39 is 0 Å². The summed E-state index contributed by atoms with van der Waals surface area (Å²) in [6.07, 6.45) is 1.65. The van der Waals surface area contributed by atoms with Crippen LogP contribution in [0.4, 0.5) is 0 Å². The molecule has 0 bridgehead atoms. The maximum Gasteiger partial charge on any atom is 0.223 e. The lowest BCUT2D eigenvalue weighted by Gasteiger charge is -2.10. The van der Waals surface area contributed by atoms with Crippen LogP contribution in [0.2, 0.25) is 5.02 Å². The molecule has 2 rings (SSSR count). The largest absolute Gasteiger partial charge is 0.437 e. The maximum atomic E-state index is 6.06. The van der Waals surface area contributed by atoms with E-state index >= 15 is 0 Å². The van der Waals surface area contributed by atoms with Crippen LogP contribution in [0.1, 0.15) is 5.56 Å². The first-order valence-corrected chi connectivity index (χ1v) is 7.43. The number of ether oxygens (including phenoxy) is 1. The Bertz CT molecular complexity index is 578. The van der Waals surface area contributed by atoms with E-state index in [1.165, 1.54) is 0 Å². The molecule has 0 atom stereocenters. The first-order valence-electron chi connectivity index (χ1n) is 4.93. The summed E-state index contributed by atoms with van der Waals surface area (Å²) in [5.74, 6) is 1.30. The highest BCUT2D eigenvalue weighted by Gasteiger charge is 2.09. The Morgan fingerprint density at radius 2 is 1.94 bits per heavy atom. The molecule has 0 saturated heterocycles. The SMILES string of the molecule is ClCc1cc(Br)cnc1Oc1cc(Br)ccc1Cl. The van der Waals surface area contributed by atoms with Crippen LogP contribution in [0.3, 0.4) is 0 Å². The Morgan fingerprint density at radius 1 is 1.17 bits per heavy atom. The molecule has 0 N–H and O–H groups in total. The van der Waals surface area contributed by atoms with Crippen molar-refractivity contribution in [3.05, 3.63) is 50.0 Å². The van der Waals surface area contributed by atoms with Gasteiger partial charge in [-0.3, -0.25) is 0 Å². The van der Waals surface area contributed by atoms with E-state index in [2.05, 4.69) is 36.8 Å². The van der Waals surface area contributed by atoms with Crippen molar-refractivity contribution in [2.75, 3.05) is 0 Å². The summed E-state index contributed by atoms with van der Waals surface area (Å²) in [7, 11) is 0. The van der Waals surface area contributed by atoms with Gasteiger partial charge in [-0.15, -0.1) is 11.6 Å². The van der Waals surface area contributed by atoms with Gasteiger partial charge in [-0.1, -0.05) is 27.5 Å². The highest BCUT2D eigenvalue weighted by atomic mass is 79.9. The van der Waals surface area contributed by atoms with Crippen molar-refractivity contribution in [3.63, 3.8) is 0 Å². The van der Waals surface area contributed by atoms with Crippen molar-refractivity contribution >= 4 is 55.1 Å². The number of nitrogens with zero attached hydrogens (tertiary/aromatic N) is 1. The van der Waals surface area contributed by atoms with E-state index in [-0.39, 0.29) is 0 Å². The Kier molecular flexibility index (Phi) is 4.90. The second-order valence-electron chi connectivity index (χ2n) is 3.43. The lowest BCUT2D eigenvalue weighted by atomic mass is 10.3. The number of alkyl halides is 1. The number of pyridine rings is 1. The molecule has 0 aliphatic heterocycles. The molecule has 1 heterocycles. The van der Waals surface area contributed by atoms with Gasteiger partial charge >= 0.3 is 0 Å². The van der Waals surface area contributed by atoms with E-state index in [0.717, 1.165) is 14.5 Å². The normalized spacial score (nSPS) is 10.4. The summed E-state index contributed by atoms with van der Waals surface area (Å²) < 4.78 is 7.42. The van der Waals surface area contributed by atoms with Gasteiger partial charge in [0, 0.05) is 20.7 Å². The van der Waals surface area contributed by atoms with Gasteiger partial charge in [0.25, 0.3) is 0 Å². The molecule has 0 radical (unpaired) electrons. The van der Waals surface area contributed by atoms with Crippen LogP contribution >= 0.6 is 55.1 Å². The summed E-state index contributed by atoms with van der Waals surface area (Å²) in [5, 5.41) is 0.517. The minimum Gasteiger partial charge on any atom is -0.437 e. The monoisotopic (exact) mass is 409 g/mol. The van der Waals surface area contributed by atoms with Crippen LogP contribution in [0.25, 0.3) is 0 Å². The molecule has 2 aromatic rings. The van der Waals surface area contributed by atoms with Gasteiger partial charge in [0.15, 0.2) is 0 Å². The zero-order valence-corrected chi connectivity index (χ0v) is 13.6. The van der Waals surface area contributed by atoms with Gasteiger partial charge in [-0.25, -0.2) is 4.98 Å². The van der Waals surface area contributed by atoms with E-state index in [9.17, 15) is 0 Å². The van der Waals surface area contributed by atoms with Crippen LogP contribution in [-0.4, -0.2) is 4.98 Å². The summed E-state index contributed by atoms with van der Waals surface area (Å²) >= 11 is 18.6. The molecule has 18 heavy (non-hydrogen) atoms. The second-order valence-corrected chi connectivity index (χ2v) is 5.93. The Labute approximate surface area is 132 Å². The van der Waals surface area contributed by atoms with Gasteiger partial charge in [-0.05, 0) is 40.2 Å². The molecule has 0 aliphatic rings. The molecule has 0 aliphatic carbocycles. The lowest BCUT2D eigenvalue weighted by molar-refractivity contribution is 0.458. The van der Waals surface area contributed by atoms with Crippen LogP contribution in [-0.2, 0) is 5.88 Å². The summed E-state index contributed by atoms with van der Waals surface area (Å²) in [4.78, 5) is 4.19. The predicted octanol–water partition coefficient (Wildman–Crippen LogP) is 5.79. The highest BCUT2D eigenvalue weighted by Crippen LogP contribution is 2.33. The third kappa shape index (κ3) is 3.38. The minimum absolute atomic E-state index is 0.313. The Hall–Kier alpha value is -0.290. The van der Waals surface area contributed by atoms with E-state index in [0.29, 0.717) is 22.5 Å². The number of rotatable bonds is 3. The lowest BCUT2D eigenvalue weighted by Crippen LogP contribution is -1.93. The van der Waals surface area contributed by atoms with Crippen molar-refractivity contribution in [1.29, 1.82) is 0 Å². The van der Waals surface area contributed by atoms with Crippen LogP contribution < -0.4 is 4.74 Å². The molecule has 0 saturated carbocycles. The molecule has 1 aromatic carbocycles. The van der Waals surface area contributed by atoms with Crippen LogP contribution in [0.5, 0.6) is 11.6 Å². The first-order chi connectivity index (χ1) is 8.60. The summed E-state index contributed by atoms with van der Waals surface area (Å²) in [5.41, 5.74) is 0.794. The topological polar surface area (TPSA) is 22.1 Å². The van der Waals surface area contributed by atoms with Crippen molar-refractivity contribution < 1.29 is 4.74 Å². The maximum absolute atomic E-state index is 6.06. The standard InChI is InChI=1S/C12H7Br2Cl2NO/c13-8-1-2-10(16)11(4-8)18-12-7(5-15)3-9(14)6-17-12/h1-4,6H,5H2. The van der Waals surface area contributed by atoms with Gasteiger partial charge in [0.2, 0.25) is 5.88 Å². The molecule has 2 nitrogen and oxygen atoms in total. The average Bonchev–Trinajstić information content (AvgIpc) is 2.36. The first kappa shape index (κ1) is 14.1. The number of hydrogen-bond acceptors (Lipinski definition) is 2. The second kappa shape index (κ2) is 6.24. The number of hydrogen-bond donors (Lipinski definition) is 0. The molecule has 94 valence electrons. The average molecular weight is 412 g/mol. The third-order valence-corrected chi connectivity index (χ3v) is 3.66. The van der Waals surface area contributed by atoms with Crippen LogP contribution in [0, 0.1) is 0 Å². The molecule has 0 amide bonds. The van der Waals surface area contributed by atoms with E-state index in [4.69, 9.17) is 27.9 Å². The predicted molar refractivity (Wildman–Crippen MR) is 80.7 cm³/mol. The van der Waals surface area contributed by atoms with Gasteiger partial charge in [-0.2, -0.15) is 0 Å². The van der Waals surface area contributed by atoms with E-state index in [1.807, 2.05) is 12.1 Å². The zero-order valence-electron chi connectivity index (χ0n) is 8.96. The fourth-order valence-corrected chi connectivity index (χ4v) is 2.38. The number of halogens is 4. The van der Waals surface area contributed by atoms with Crippen molar-refractivity contribution in [1.82, 2.24) is 4.98 Å². The molecular formula is C12H7Br2Cl2NO. The fraction of sp³-hybridized carbons (Fsp3) is 0.0833. The molecular weight excluding hydrogens is 405 g/mol. The Balaban J connectivity index is 2.36. The van der Waals surface area contributed by atoms with Gasteiger partial charge in [0.1, 0.15) is 5.75 Å². The smallest absolute Gasteiger partial charge is 0.223 e. The highest BCUT2D eigenvalue weighted by molar-refractivity contribution is 9.10. The molecule has 6 heteroatoms. The number of aromatic nitrogens is 1. The van der Waals surface area contributed by atoms with Crippen molar-refractivity contribution in [2.45, 2.75) is 5.88 Å². The zero-order chi connectivity index (χ0) is 13.1. The summed E-state index contributed by atoms with van der Waals surface area (Å²) in [6.45, 7) is 0. The molecule has 0 fully saturated rings. The summed E-state index contributed by atoms with van der Waals surface area (Å²) in [6, 6.07) is 7.23. The minimum atomic E-state index is 0.313. The van der Waals surface area contributed by atoms with Crippen LogP contribution in [0.15, 0.2) is 39.4 Å². The molecule has 0 spiro atoms. The van der Waals surface area contributed by atoms with Gasteiger partial charge < -0.3 is 4.74 Å². The molecule has 0 unspecified atom stereocenters. The van der Waals surface area contributed by atoms with Crippen molar-refractivity contribution in [3.8, 4) is 11.6 Å². The van der Waals surface area contributed by atoms with E-state index in [1.54, 1.807) is 18.3 Å².